The summed E-state index contributed by atoms with van der Waals surface area (Å²) in [5, 5.41) is 2.79. The number of rotatable bonds is 4. The molecule has 0 aliphatic heterocycles. The van der Waals surface area contributed by atoms with Gasteiger partial charge in [0, 0.05) is 12.0 Å². The van der Waals surface area contributed by atoms with Crippen LogP contribution in [0.5, 0.6) is 11.5 Å². The van der Waals surface area contributed by atoms with Crippen LogP contribution in [0.3, 0.4) is 0 Å². The first-order chi connectivity index (χ1) is 11.3. The first-order valence-corrected chi connectivity index (χ1v) is 7.68. The maximum Gasteiger partial charge on any atom is 0.229 e. The molecule has 0 bridgehead atoms. The number of halogens is 2. The third kappa shape index (κ3) is 3.37. The smallest absolute Gasteiger partial charge is 0.229 e. The first-order valence-electron chi connectivity index (χ1n) is 7.68. The number of nitrogens with zero attached hydrogens (tertiary/aromatic N) is 1. The summed E-state index contributed by atoms with van der Waals surface area (Å²) in [6, 6.07) is 6.56. The first kappa shape index (κ1) is 16.4. The molecule has 3 rings (SSSR count). The van der Waals surface area contributed by atoms with Gasteiger partial charge in [0.05, 0.1) is 5.69 Å². The lowest BCUT2D eigenvalue weighted by molar-refractivity contribution is -0.118. The molecule has 1 saturated carbocycles. The second kappa shape index (κ2) is 5.85. The molecule has 0 spiro atoms. The topological polar surface area (TPSA) is 51.2 Å². The number of amides is 1. The summed E-state index contributed by atoms with van der Waals surface area (Å²) in [4.78, 5) is 16.4. The van der Waals surface area contributed by atoms with Crippen LogP contribution >= 0.6 is 0 Å². The molecule has 1 aromatic heterocycles. The number of pyridine rings is 1. The van der Waals surface area contributed by atoms with Crippen LogP contribution in [0.2, 0.25) is 0 Å². The molecule has 24 heavy (non-hydrogen) atoms. The van der Waals surface area contributed by atoms with Crippen molar-refractivity contribution in [3.63, 3.8) is 0 Å². The van der Waals surface area contributed by atoms with Gasteiger partial charge in [0.25, 0.3) is 0 Å². The second-order valence-electron chi connectivity index (χ2n) is 6.69. The van der Waals surface area contributed by atoms with Gasteiger partial charge in [-0.15, -0.1) is 0 Å². The largest absolute Gasteiger partial charge is 0.455 e. The van der Waals surface area contributed by atoms with Crippen molar-refractivity contribution in [2.45, 2.75) is 27.2 Å². The molecule has 1 heterocycles. The fourth-order valence-electron chi connectivity index (χ4n) is 2.52. The minimum Gasteiger partial charge on any atom is -0.455 e. The lowest BCUT2D eigenvalue weighted by Gasteiger charge is -2.11. The van der Waals surface area contributed by atoms with Crippen LogP contribution in [-0.2, 0) is 4.79 Å². The third-order valence-electron chi connectivity index (χ3n) is 4.24. The Labute approximate surface area is 138 Å². The minimum atomic E-state index is -0.978. The molecule has 1 aliphatic rings. The van der Waals surface area contributed by atoms with Gasteiger partial charge in [-0.3, -0.25) is 4.79 Å². The van der Waals surface area contributed by atoms with Crippen LogP contribution in [0.4, 0.5) is 14.6 Å². The molecule has 1 aliphatic carbocycles. The van der Waals surface area contributed by atoms with Crippen molar-refractivity contribution in [2.75, 3.05) is 5.32 Å². The standard InChI is InChI=1S/C18H18F2N2O2/c1-10-15(24-11-4-5-13(19)14(20)8-11)6-7-16(21-10)22-17(23)12-9-18(12,2)3/h4-8,12H,9H2,1-3H3,(H,21,22,23). The predicted molar refractivity (Wildman–Crippen MR) is 85.9 cm³/mol. The van der Waals surface area contributed by atoms with E-state index in [2.05, 4.69) is 24.1 Å². The van der Waals surface area contributed by atoms with Gasteiger partial charge in [0.15, 0.2) is 11.6 Å². The van der Waals surface area contributed by atoms with E-state index in [1.165, 1.54) is 6.07 Å². The number of aromatic nitrogens is 1. The van der Waals surface area contributed by atoms with Gasteiger partial charge in [-0.2, -0.15) is 0 Å². The summed E-state index contributed by atoms with van der Waals surface area (Å²) in [5.74, 6) is -0.912. The Morgan fingerprint density at radius 3 is 2.54 bits per heavy atom. The van der Waals surface area contributed by atoms with Gasteiger partial charge in [0.2, 0.25) is 5.91 Å². The Morgan fingerprint density at radius 2 is 1.96 bits per heavy atom. The lowest BCUT2D eigenvalue weighted by Crippen LogP contribution is -2.17. The van der Waals surface area contributed by atoms with E-state index in [1.807, 2.05) is 0 Å². The Bertz CT molecular complexity index is 806. The van der Waals surface area contributed by atoms with Crippen LogP contribution in [0.15, 0.2) is 30.3 Å². The highest BCUT2D eigenvalue weighted by Crippen LogP contribution is 2.51. The number of benzene rings is 1. The SMILES string of the molecule is Cc1nc(NC(=O)C2CC2(C)C)ccc1Oc1ccc(F)c(F)c1. The highest BCUT2D eigenvalue weighted by molar-refractivity contribution is 5.94. The fraction of sp³-hybridized carbons (Fsp3) is 0.333. The molecule has 6 heteroatoms. The summed E-state index contributed by atoms with van der Waals surface area (Å²) in [5.41, 5.74) is 0.585. The van der Waals surface area contributed by atoms with Crippen molar-refractivity contribution in [3.8, 4) is 11.5 Å². The van der Waals surface area contributed by atoms with Crippen LogP contribution in [0.1, 0.15) is 26.0 Å². The summed E-state index contributed by atoms with van der Waals surface area (Å²) in [7, 11) is 0. The number of nitrogens with one attached hydrogen (secondary N) is 1. The van der Waals surface area contributed by atoms with E-state index < -0.39 is 11.6 Å². The average Bonchev–Trinajstić information content (AvgIpc) is 3.15. The zero-order valence-corrected chi connectivity index (χ0v) is 13.7. The molecule has 2 aromatic rings. The minimum absolute atomic E-state index is 0.0118. The molecular weight excluding hydrogens is 314 g/mol. The maximum absolute atomic E-state index is 13.2. The monoisotopic (exact) mass is 332 g/mol. The highest BCUT2D eigenvalue weighted by Gasteiger charge is 2.50. The van der Waals surface area contributed by atoms with Gasteiger partial charge < -0.3 is 10.1 Å². The molecule has 1 aromatic carbocycles. The second-order valence-corrected chi connectivity index (χ2v) is 6.69. The molecule has 0 radical (unpaired) electrons. The number of carbonyl (C=O) groups excluding carboxylic acids is 1. The Hall–Kier alpha value is -2.50. The van der Waals surface area contributed by atoms with E-state index in [0.29, 0.717) is 17.3 Å². The molecular formula is C18H18F2N2O2. The van der Waals surface area contributed by atoms with E-state index in [-0.39, 0.29) is 23.0 Å². The molecule has 1 N–H and O–H groups in total. The molecule has 1 unspecified atom stereocenters. The molecule has 1 fully saturated rings. The van der Waals surface area contributed by atoms with Crippen molar-refractivity contribution in [2.24, 2.45) is 11.3 Å². The Morgan fingerprint density at radius 1 is 1.25 bits per heavy atom. The van der Waals surface area contributed by atoms with E-state index in [9.17, 15) is 13.6 Å². The van der Waals surface area contributed by atoms with Crippen LogP contribution in [0.25, 0.3) is 0 Å². The summed E-state index contributed by atoms with van der Waals surface area (Å²) in [6.07, 6.45) is 0.870. The Kier molecular flexibility index (Phi) is 3.99. The maximum atomic E-state index is 13.2. The van der Waals surface area contributed by atoms with Crippen LogP contribution in [0, 0.1) is 29.9 Å². The number of hydrogen-bond donors (Lipinski definition) is 1. The number of hydrogen-bond acceptors (Lipinski definition) is 3. The van der Waals surface area contributed by atoms with Gasteiger partial charge in [-0.25, -0.2) is 13.8 Å². The number of carbonyl (C=O) groups is 1. The molecule has 1 amide bonds. The summed E-state index contributed by atoms with van der Waals surface area (Å²) in [6.45, 7) is 5.81. The lowest BCUT2D eigenvalue weighted by atomic mass is 10.1. The number of aryl methyl sites for hydroxylation is 1. The Balaban J connectivity index is 1.70. The molecule has 4 nitrogen and oxygen atoms in total. The van der Waals surface area contributed by atoms with Gasteiger partial charge in [-0.05, 0) is 43.0 Å². The quantitative estimate of drug-likeness (QED) is 0.900. The number of ether oxygens (including phenoxy) is 1. The van der Waals surface area contributed by atoms with Crippen molar-refractivity contribution in [1.82, 2.24) is 4.98 Å². The third-order valence-corrected chi connectivity index (χ3v) is 4.24. The number of anilines is 1. The van der Waals surface area contributed by atoms with Gasteiger partial charge in [0.1, 0.15) is 17.3 Å². The van der Waals surface area contributed by atoms with Crippen LogP contribution in [-0.4, -0.2) is 10.9 Å². The van der Waals surface area contributed by atoms with E-state index in [1.54, 1.807) is 19.1 Å². The van der Waals surface area contributed by atoms with Crippen LogP contribution < -0.4 is 10.1 Å². The zero-order valence-electron chi connectivity index (χ0n) is 13.7. The predicted octanol–water partition coefficient (Wildman–Crippen LogP) is 4.45. The van der Waals surface area contributed by atoms with Crippen molar-refractivity contribution >= 4 is 11.7 Å². The molecule has 0 saturated heterocycles. The van der Waals surface area contributed by atoms with Gasteiger partial charge in [-0.1, -0.05) is 13.8 Å². The molecule has 126 valence electrons. The molecule has 1 atom stereocenters. The van der Waals surface area contributed by atoms with E-state index in [4.69, 9.17) is 4.74 Å². The summed E-state index contributed by atoms with van der Waals surface area (Å²) >= 11 is 0. The van der Waals surface area contributed by atoms with E-state index >= 15 is 0 Å². The van der Waals surface area contributed by atoms with Crippen molar-refractivity contribution in [3.05, 3.63) is 47.7 Å². The van der Waals surface area contributed by atoms with E-state index in [0.717, 1.165) is 18.6 Å². The fourth-order valence-corrected chi connectivity index (χ4v) is 2.52. The van der Waals surface area contributed by atoms with Crippen molar-refractivity contribution in [1.29, 1.82) is 0 Å². The van der Waals surface area contributed by atoms with Crippen molar-refractivity contribution < 1.29 is 18.3 Å². The highest BCUT2D eigenvalue weighted by atomic mass is 19.2. The van der Waals surface area contributed by atoms with Gasteiger partial charge >= 0.3 is 0 Å². The summed E-state index contributed by atoms with van der Waals surface area (Å²) < 4.78 is 31.7. The zero-order chi connectivity index (χ0) is 17.5. The normalized spacial score (nSPS) is 18.1. The average molecular weight is 332 g/mol.